The molecule has 0 saturated heterocycles. The number of halogens is 1. The first-order valence-electron chi connectivity index (χ1n) is 8.24. The van der Waals surface area contributed by atoms with Crippen LogP contribution in [0.4, 0.5) is 4.39 Å². The first-order valence-corrected chi connectivity index (χ1v) is 8.24. The molecule has 0 bridgehead atoms. The van der Waals surface area contributed by atoms with Crippen LogP contribution < -0.4 is 5.32 Å². The highest BCUT2D eigenvalue weighted by atomic mass is 19.1. The van der Waals surface area contributed by atoms with Gasteiger partial charge in [-0.3, -0.25) is 19.6 Å². The Morgan fingerprint density at radius 3 is 2.92 bits per heavy atom. The van der Waals surface area contributed by atoms with Crippen LogP contribution in [0, 0.1) is 11.7 Å². The first-order chi connectivity index (χ1) is 12.5. The van der Waals surface area contributed by atoms with Crippen molar-refractivity contribution in [2.75, 3.05) is 7.11 Å². The van der Waals surface area contributed by atoms with E-state index < -0.39 is 23.3 Å². The molecule has 1 aliphatic carbocycles. The third-order valence-electron chi connectivity index (χ3n) is 4.95. The molecule has 2 atom stereocenters. The summed E-state index contributed by atoms with van der Waals surface area (Å²) in [5.74, 6) is -2.35. The van der Waals surface area contributed by atoms with Gasteiger partial charge in [-0.1, -0.05) is 12.1 Å². The second-order valence-electron chi connectivity index (χ2n) is 6.35. The van der Waals surface area contributed by atoms with Gasteiger partial charge in [0.05, 0.1) is 7.11 Å². The van der Waals surface area contributed by atoms with Crippen LogP contribution in [0.3, 0.4) is 0 Å². The van der Waals surface area contributed by atoms with E-state index in [0.717, 1.165) is 5.56 Å². The summed E-state index contributed by atoms with van der Waals surface area (Å²) in [5, 5.41) is 2.66. The molecule has 1 aromatic carbocycles. The van der Waals surface area contributed by atoms with E-state index >= 15 is 0 Å². The largest absolute Gasteiger partial charge is 0.468 e. The van der Waals surface area contributed by atoms with Gasteiger partial charge in [0, 0.05) is 6.20 Å². The summed E-state index contributed by atoms with van der Waals surface area (Å²) in [7, 11) is 1.24. The Bertz CT molecular complexity index is 929. The number of nitrogens with zero attached hydrogens (tertiary/aromatic N) is 2. The number of hydrogen-bond acceptors (Lipinski definition) is 5. The Morgan fingerprint density at radius 2 is 2.19 bits per heavy atom. The molecular weight excluding hydrogens is 337 g/mol. The molecule has 0 radical (unpaired) electrons. The lowest BCUT2D eigenvalue weighted by Crippen LogP contribution is -2.54. The predicted octanol–water partition coefficient (Wildman–Crippen LogP) is 1.73. The number of carbonyl (C=O) groups is 2. The Labute approximate surface area is 149 Å². The molecule has 0 fully saturated rings. The highest BCUT2D eigenvalue weighted by molar-refractivity contribution is 6.14. The van der Waals surface area contributed by atoms with E-state index in [2.05, 4.69) is 10.3 Å². The maximum absolute atomic E-state index is 13.6. The molecule has 7 heteroatoms. The van der Waals surface area contributed by atoms with Gasteiger partial charge in [0.25, 0.3) is 0 Å². The maximum atomic E-state index is 13.6. The van der Waals surface area contributed by atoms with E-state index in [1.165, 1.54) is 19.2 Å². The highest BCUT2D eigenvalue weighted by Gasteiger charge is 2.55. The highest BCUT2D eigenvalue weighted by Crippen LogP contribution is 2.48. The summed E-state index contributed by atoms with van der Waals surface area (Å²) in [4.78, 5) is 34.2. The number of hydrogen-bond donors (Lipinski definition) is 1. The van der Waals surface area contributed by atoms with E-state index in [1.54, 1.807) is 30.5 Å². The third-order valence-corrected chi connectivity index (χ3v) is 4.95. The van der Waals surface area contributed by atoms with Crippen molar-refractivity contribution in [3.8, 4) is 0 Å². The zero-order valence-corrected chi connectivity index (χ0v) is 14.0. The zero-order valence-electron chi connectivity index (χ0n) is 14.0. The van der Waals surface area contributed by atoms with Gasteiger partial charge in [-0.15, -0.1) is 0 Å². The second-order valence-corrected chi connectivity index (χ2v) is 6.35. The number of methoxy groups -OCH3 is 1. The number of fused-ring (bicyclic) bond motifs is 2. The fraction of sp³-hybridized carbons (Fsp3) is 0.263. The topological polar surface area (TPSA) is 80.7 Å². The van der Waals surface area contributed by atoms with Gasteiger partial charge in [-0.05, 0) is 48.2 Å². The summed E-state index contributed by atoms with van der Waals surface area (Å²) >= 11 is 0. The average Bonchev–Trinajstić information content (AvgIpc) is 2.99. The van der Waals surface area contributed by atoms with E-state index in [4.69, 9.17) is 9.73 Å². The van der Waals surface area contributed by atoms with E-state index in [1.807, 2.05) is 0 Å². The van der Waals surface area contributed by atoms with Gasteiger partial charge in [0.15, 0.2) is 11.8 Å². The molecule has 2 unspecified atom stereocenters. The zero-order chi connectivity index (χ0) is 18.3. The minimum Gasteiger partial charge on any atom is -0.468 e. The van der Waals surface area contributed by atoms with Gasteiger partial charge in [-0.25, -0.2) is 4.39 Å². The van der Waals surface area contributed by atoms with Crippen LogP contribution in [0.15, 0.2) is 47.6 Å². The van der Waals surface area contributed by atoms with Crippen molar-refractivity contribution < 1.29 is 18.7 Å². The van der Waals surface area contributed by atoms with Gasteiger partial charge in [0.1, 0.15) is 17.1 Å². The summed E-state index contributed by atoms with van der Waals surface area (Å²) in [5.41, 5.74) is 0.806. The molecule has 2 aliphatic rings. The lowest BCUT2D eigenvalue weighted by molar-refractivity contribution is -0.153. The fourth-order valence-electron chi connectivity index (χ4n) is 3.81. The van der Waals surface area contributed by atoms with Crippen molar-refractivity contribution in [2.45, 2.75) is 18.4 Å². The number of ether oxygens (including phenoxy) is 1. The van der Waals surface area contributed by atoms with Gasteiger partial charge in [-0.2, -0.15) is 0 Å². The normalized spacial score (nSPS) is 24.0. The monoisotopic (exact) mass is 353 g/mol. The van der Waals surface area contributed by atoms with Crippen LogP contribution >= 0.6 is 0 Å². The molecule has 1 amide bonds. The van der Waals surface area contributed by atoms with Crippen LogP contribution in [0.5, 0.6) is 0 Å². The number of nitrogens with one attached hydrogen (secondary N) is 1. The maximum Gasteiger partial charge on any atom is 0.321 e. The van der Waals surface area contributed by atoms with Crippen molar-refractivity contribution in [1.82, 2.24) is 10.3 Å². The van der Waals surface area contributed by atoms with Crippen LogP contribution in [0.1, 0.15) is 23.2 Å². The summed E-state index contributed by atoms with van der Waals surface area (Å²) in [6.07, 6.45) is 2.53. The van der Waals surface area contributed by atoms with Crippen molar-refractivity contribution >= 4 is 17.7 Å². The van der Waals surface area contributed by atoms with E-state index in [9.17, 15) is 14.0 Å². The summed E-state index contributed by atoms with van der Waals surface area (Å²) in [6.45, 7) is 0. The molecule has 0 saturated carbocycles. The standard InChI is InChI=1S/C19H16FN3O3/c1-26-18(25)15-17(24)22-16(14-4-2-3-9-21-14)23-19(15)8-7-11-10-12(20)5-6-13(11)19/h2-6,9-10,15H,7-8H2,1H3,(H,22,23,24). The Kier molecular flexibility index (Phi) is 3.79. The predicted molar refractivity (Wildman–Crippen MR) is 90.8 cm³/mol. The number of rotatable bonds is 2. The molecule has 1 aliphatic heterocycles. The molecule has 2 aromatic rings. The Hall–Kier alpha value is -3.09. The Balaban J connectivity index is 1.93. The van der Waals surface area contributed by atoms with Crippen molar-refractivity contribution in [3.63, 3.8) is 0 Å². The first kappa shape index (κ1) is 16.4. The summed E-state index contributed by atoms with van der Waals surface area (Å²) < 4.78 is 18.5. The number of aryl methyl sites for hydroxylation is 1. The number of benzene rings is 1. The van der Waals surface area contributed by atoms with Crippen molar-refractivity contribution in [3.05, 3.63) is 65.2 Å². The third kappa shape index (κ3) is 2.39. The number of aromatic nitrogens is 1. The number of pyridine rings is 1. The summed E-state index contributed by atoms with van der Waals surface area (Å²) in [6, 6.07) is 9.63. The van der Waals surface area contributed by atoms with Crippen LogP contribution in [0.2, 0.25) is 0 Å². The average molecular weight is 353 g/mol. The van der Waals surface area contributed by atoms with Crippen molar-refractivity contribution in [1.29, 1.82) is 0 Å². The van der Waals surface area contributed by atoms with E-state index in [-0.39, 0.29) is 5.82 Å². The minimum atomic E-state index is -1.13. The number of amides is 1. The van der Waals surface area contributed by atoms with Gasteiger partial charge >= 0.3 is 5.97 Å². The molecule has 6 nitrogen and oxygen atoms in total. The number of esters is 1. The molecule has 2 heterocycles. The van der Waals surface area contributed by atoms with Crippen LogP contribution in [-0.2, 0) is 26.3 Å². The quantitative estimate of drug-likeness (QED) is 0.659. The SMILES string of the molecule is COC(=O)C1C(=O)NC(c2ccccn2)=NC12CCc1cc(F)ccc12. The van der Waals surface area contributed by atoms with Crippen molar-refractivity contribution in [2.24, 2.45) is 10.9 Å². The smallest absolute Gasteiger partial charge is 0.321 e. The Morgan fingerprint density at radius 1 is 1.35 bits per heavy atom. The van der Waals surface area contributed by atoms with Crippen LogP contribution in [0.25, 0.3) is 0 Å². The molecule has 1 spiro atoms. The second kappa shape index (κ2) is 6.01. The lowest BCUT2D eigenvalue weighted by Gasteiger charge is -2.36. The molecule has 132 valence electrons. The molecule has 26 heavy (non-hydrogen) atoms. The number of carbonyl (C=O) groups excluding carboxylic acids is 2. The van der Waals surface area contributed by atoms with Gasteiger partial charge in [0.2, 0.25) is 5.91 Å². The van der Waals surface area contributed by atoms with E-state index in [0.29, 0.717) is 29.9 Å². The lowest BCUT2D eigenvalue weighted by atomic mass is 9.77. The molecule has 1 N–H and O–H groups in total. The minimum absolute atomic E-state index is 0.299. The molecule has 4 rings (SSSR count). The number of amidine groups is 1. The molecule has 1 aromatic heterocycles. The van der Waals surface area contributed by atoms with Crippen LogP contribution in [-0.4, -0.2) is 29.8 Å². The fourth-order valence-corrected chi connectivity index (χ4v) is 3.81. The van der Waals surface area contributed by atoms with Gasteiger partial charge < -0.3 is 10.1 Å². The molecular formula is C19H16FN3O3. The number of aliphatic imine (C=N–C) groups is 1.